The van der Waals surface area contributed by atoms with Gasteiger partial charge in [0, 0.05) is 35.0 Å². The summed E-state index contributed by atoms with van der Waals surface area (Å²) in [4.78, 5) is 10.2. The molecule has 3 aromatic rings. The van der Waals surface area contributed by atoms with Crippen molar-refractivity contribution in [2.75, 3.05) is 13.1 Å². The van der Waals surface area contributed by atoms with E-state index in [1.165, 1.54) is 4.88 Å². The highest BCUT2D eigenvalue weighted by Crippen LogP contribution is 2.18. The van der Waals surface area contributed by atoms with Gasteiger partial charge in [0.1, 0.15) is 0 Å². The predicted octanol–water partition coefficient (Wildman–Crippen LogP) is 4.37. The molecule has 2 heterocycles. The van der Waals surface area contributed by atoms with Gasteiger partial charge in [0.25, 0.3) is 0 Å². The smallest absolute Gasteiger partial charge is 0.228 e. The Morgan fingerprint density at radius 2 is 2.04 bits per heavy atom. The van der Waals surface area contributed by atoms with Gasteiger partial charge in [-0.05, 0) is 42.6 Å². The number of rotatable bonds is 7. The molecule has 6 nitrogen and oxygen atoms in total. The van der Waals surface area contributed by atoms with Crippen LogP contribution in [0.25, 0.3) is 11.4 Å². The Morgan fingerprint density at radius 1 is 1.22 bits per heavy atom. The van der Waals surface area contributed by atoms with Crippen molar-refractivity contribution < 1.29 is 4.52 Å². The summed E-state index contributed by atoms with van der Waals surface area (Å²) in [6, 6.07) is 11.5. The van der Waals surface area contributed by atoms with Gasteiger partial charge in [0.2, 0.25) is 11.7 Å². The highest BCUT2D eigenvalue weighted by Gasteiger charge is 2.08. The molecule has 0 fully saturated rings. The molecule has 0 spiro atoms. The Hall–Kier alpha value is -1.65. The van der Waals surface area contributed by atoms with E-state index in [0.29, 0.717) is 36.2 Å². The first kappa shape index (κ1) is 21.6. The number of benzene rings is 1. The van der Waals surface area contributed by atoms with E-state index in [1.54, 1.807) is 23.5 Å². The number of aliphatic imine (C=N–C) groups is 1. The van der Waals surface area contributed by atoms with Crippen LogP contribution in [0, 0.1) is 0 Å². The third kappa shape index (κ3) is 6.78. The minimum atomic E-state index is 0. The molecular formula is C18H21ClIN5OS. The summed E-state index contributed by atoms with van der Waals surface area (Å²) in [5.41, 5.74) is 0.878. The molecule has 0 saturated heterocycles. The van der Waals surface area contributed by atoms with Crippen LogP contribution in [0.3, 0.4) is 0 Å². The summed E-state index contributed by atoms with van der Waals surface area (Å²) in [5.74, 6) is 1.92. The lowest BCUT2D eigenvalue weighted by Gasteiger charge is -2.09. The van der Waals surface area contributed by atoms with Crippen LogP contribution in [0.4, 0.5) is 0 Å². The van der Waals surface area contributed by atoms with E-state index < -0.39 is 0 Å². The van der Waals surface area contributed by atoms with Gasteiger partial charge in [-0.25, -0.2) is 4.99 Å². The zero-order chi connectivity index (χ0) is 18.2. The zero-order valence-electron chi connectivity index (χ0n) is 14.8. The monoisotopic (exact) mass is 517 g/mol. The summed E-state index contributed by atoms with van der Waals surface area (Å²) in [6.07, 6.45) is 0.615. The van der Waals surface area contributed by atoms with Crippen LogP contribution in [0.1, 0.15) is 17.7 Å². The van der Waals surface area contributed by atoms with Gasteiger partial charge in [-0.2, -0.15) is 4.98 Å². The van der Waals surface area contributed by atoms with Gasteiger partial charge >= 0.3 is 0 Å². The summed E-state index contributed by atoms with van der Waals surface area (Å²) in [5, 5.41) is 13.3. The summed E-state index contributed by atoms with van der Waals surface area (Å²) >= 11 is 7.60. The fraction of sp³-hybridized carbons (Fsp3) is 0.278. The molecule has 0 aliphatic rings. The van der Waals surface area contributed by atoms with E-state index in [9.17, 15) is 0 Å². The molecule has 9 heteroatoms. The van der Waals surface area contributed by atoms with E-state index in [4.69, 9.17) is 16.1 Å². The molecule has 3 rings (SSSR count). The van der Waals surface area contributed by atoms with Gasteiger partial charge < -0.3 is 15.2 Å². The molecule has 0 aliphatic heterocycles. The van der Waals surface area contributed by atoms with Crippen molar-refractivity contribution in [3.05, 3.63) is 57.6 Å². The fourth-order valence-corrected chi connectivity index (χ4v) is 3.02. The molecular weight excluding hydrogens is 497 g/mol. The summed E-state index contributed by atoms with van der Waals surface area (Å²) < 4.78 is 5.32. The van der Waals surface area contributed by atoms with Gasteiger partial charge in [-0.15, -0.1) is 35.3 Å². The molecule has 0 aliphatic carbocycles. The number of hydrogen-bond donors (Lipinski definition) is 2. The normalized spacial score (nSPS) is 11.1. The van der Waals surface area contributed by atoms with E-state index in [0.717, 1.165) is 18.1 Å². The number of hydrogen-bond acceptors (Lipinski definition) is 5. The highest BCUT2D eigenvalue weighted by atomic mass is 127. The van der Waals surface area contributed by atoms with Crippen LogP contribution >= 0.6 is 46.9 Å². The molecule has 0 saturated carbocycles. The molecule has 144 valence electrons. The Bertz CT molecular complexity index is 836. The maximum Gasteiger partial charge on any atom is 0.228 e. The maximum absolute atomic E-state index is 5.90. The molecule has 0 radical (unpaired) electrons. The first-order valence-corrected chi connectivity index (χ1v) is 9.63. The van der Waals surface area contributed by atoms with Crippen molar-refractivity contribution in [3.8, 4) is 11.4 Å². The third-order valence-corrected chi connectivity index (χ3v) is 4.63. The number of nitrogens with one attached hydrogen (secondary N) is 2. The largest absolute Gasteiger partial charge is 0.357 e. The Kier molecular flexibility index (Phi) is 9.02. The Balaban J connectivity index is 0.00000261. The van der Waals surface area contributed by atoms with Crippen LogP contribution in [0.2, 0.25) is 5.02 Å². The Morgan fingerprint density at radius 3 is 2.74 bits per heavy atom. The number of guanidine groups is 1. The fourth-order valence-electron chi connectivity index (χ4n) is 2.26. The Labute approximate surface area is 184 Å². The van der Waals surface area contributed by atoms with Crippen molar-refractivity contribution in [3.63, 3.8) is 0 Å². The second-order valence-corrected chi connectivity index (χ2v) is 6.94. The lowest BCUT2D eigenvalue weighted by atomic mass is 10.2. The second kappa shape index (κ2) is 11.3. The van der Waals surface area contributed by atoms with Crippen molar-refractivity contribution in [1.29, 1.82) is 0 Å². The van der Waals surface area contributed by atoms with Gasteiger partial charge in [0.15, 0.2) is 5.96 Å². The minimum Gasteiger partial charge on any atom is -0.357 e. The van der Waals surface area contributed by atoms with Gasteiger partial charge in [-0.1, -0.05) is 22.8 Å². The molecule has 0 unspecified atom stereocenters. The number of aromatic nitrogens is 2. The average molecular weight is 518 g/mol. The number of thiophene rings is 1. The van der Waals surface area contributed by atoms with E-state index in [1.807, 2.05) is 25.1 Å². The van der Waals surface area contributed by atoms with Gasteiger partial charge in [0.05, 0.1) is 6.54 Å². The van der Waals surface area contributed by atoms with Crippen molar-refractivity contribution in [1.82, 2.24) is 20.8 Å². The molecule has 27 heavy (non-hydrogen) atoms. The predicted molar refractivity (Wildman–Crippen MR) is 121 cm³/mol. The molecule has 2 aromatic heterocycles. The lowest BCUT2D eigenvalue weighted by Crippen LogP contribution is -2.38. The first-order valence-electron chi connectivity index (χ1n) is 8.37. The summed E-state index contributed by atoms with van der Waals surface area (Å²) in [6.45, 7) is 4.16. The highest BCUT2D eigenvalue weighted by molar-refractivity contribution is 14.0. The molecule has 0 atom stereocenters. The topological polar surface area (TPSA) is 75.3 Å². The second-order valence-electron chi connectivity index (χ2n) is 5.47. The van der Waals surface area contributed by atoms with Crippen molar-refractivity contribution in [2.24, 2.45) is 4.99 Å². The first-order chi connectivity index (χ1) is 12.7. The molecule has 2 N–H and O–H groups in total. The molecule has 0 bridgehead atoms. The summed E-state index contributed by atoms with van der Waals surface area (Å²) in [7, 11) is 0. The van der Waals surface area contributed by atoms with E-state index in [2.05, 4.69) is 37.2 Å². The van der Waals surface area contributed by atoms with E-state index >= 15 is 0 Å². The quantitative estimate of drug-likeness (QED) is 0.277. The number of nitrogens with zero attached hydrogens (tertiary/aromatic N) is 3. The van der Waals surface area contributed by atoms with Crippen LogP contribution in [-0.2, 0) is 13.0 Å². The molecule has 1 aromatic carbocycles. The van der Waals surface area contributed by atoms with Crippen molar-refractivity contribution in [2.45, 2.75) is 19.9 Å². The van der Waals surface area contributed by atoms with E-state index in [-0.39, 0.29) is 24.0 Å². The van der Waals surface area contributed by atoms with Crippen LogP contribution in [-0.4, -0.2) is 29.2 Å². The lowest BCUT2D eigenvalue weighted by molar-refractivity contribution is 0.378. The van der Waals surface area contributed by atoms with Crippen molar-refractivity contribution >= 4 is 52.9 Å². The average Bonchev–Trinajstić information content (AvgIpc) is 3.32. The van der Waals surface area contributed by atoms with Crippen LogP contribution in [0.15, 0.2) is 51.3 Å². The zero-order valence-corrected chi connectivity index (χ0v) is 18.7. The molecule has 0 amide bonds. The van der Waals surface area contributed by atoms with Crippen LogP contribution < -0.4 is 10.6 Å². The minimum absolute atomic E-state index is 0. The van der Waals surface area contributed by atoms with Crippen LogP contribution in [0.5, 0.6) is 0 Å². The number of halogens is 2. The standard InChI is InChI=1S/C18H20ClN5OS.HI/c1-2-20-18(22-12-15-4-3-11-26-15)21-10-9-16-23-17(24-25-16)13-5-7-14(19)8-6-13;/h3-8,11H,2,9-10,12H2,1H3,(H2,20,21,22);1H. The van der Waals surface area contributed by atoms with Gasteiger partial charge in [-0.3, -0.25) is 0 Å². The maximum atomic E-state index is 5.90. The third-order valence-electron chi connectivity index (χ3n) is 3.52. The SMILES string of the molecule is CCNC(=NCc1cccs1)NCCc1nc(-c2ccc(Cl)cc2)no1.I.